The van der Waals surface area contributed by atoms with Crippen molar-refractivity contribution in [2.45, 2.75) is 24.5 Å². The Hall–Kier alpha value is -1.56. The Bertz CT molecular complexity index is 523. The molecule has 1 unspecified atom stereocenters. The van der Waals surface area contributed by atoms with E-state index in [1.807, 2.05) is 6.92 Å². The van der Waals surface area contributed by atoms with E-state index in [9.17, 15) is 14.9 Å². The standard InChI is InChI=1S/C13H15NO4S/c1-13(6-3-7-19-13)12(15)9-4-5-10(14(16)17)11(8-9)18-2/h4-5,8H,3,6-7H2,1-2H3. The molecule has 19 heavy (non-hydrogen) atoms. The second-order valence-corrected chi connectivity index (χ2v) is 6.25. The molecule has 6 heteroatoms. The lowest BCUT2D eigenvalue weighted by Crippen LogP contribution is -2.28. The molecule has 5 nitrogen and oxygen atoms in total. The second kappa shape index (κ2) is 5.21. The van der Waals surface area contributed by atoms with Crippen molar-refractivity contribution < 1.29 is 14.5 Å². The third kappa shape index (κ3) is 2.58. The van der Waals surface area contributed by atoms with Gasteiger partial charge >= 0.3 is 5.69 Å². The number of nitrogens with zero attached hydrogens (tertiary/aromatic N) is 1. The van der Waals surface area contributed by atoms with E-state index in [0.29, 0.717) is 5.56 Å². The Labute approximate surface area is 115 Å². The Morgan fingerprint density at radius 1 is 1.53 bits per heavy atom. The number of methoxy groups -OCH3 is 1. The smallest absolute Gasteiger partial charge is 0.310 e. The predicted molar refractivity (Wildman–Crippen MR) is 74.1 cm³/mol. The summed E-state index contributed by atoms with van der Waals surface area (Å²) in [6, 6.07) is 4.30. The maximum Gasteiger partial charge on any atom is 0.310 e. The van der Waals surface area contributed by atoms with Crippen LogP contribution in [0.4, 0.5) is 5.69 Å². The van der Waals surface area contributed by atoms with E-state index < -0.39 is 9.67 Å². The van der Waals surface area contributed by atoms with Gasteiger partial charge in [-0.3, -0.25) is 14.9 Å². The van der Waals surface area contributed by atoms with Crippen molar-refractivity contribution in [2.75, 3.05) is 12.9 Å². The van der Waals surface area contributed by atoms with Crippen LogP contribution in [-0.4, -0.2) is 28.3 Å². The number of carbonyl (C=O) groups excluding carboxylic acids is 1. The molecule has 1 fully saturated rings. The fourth-order valence-corrected chi connectivity index (χ4v) is 3.51. The zero-order valence-electron chi connectivity index (χ0n) is 10.8. The van der Waals surface area contributed by atoms with Crippen molar-refractivity contribution in [2.24, 2.45) is 0 Å². The SMILES string of the molecule is COc1cc(C(=O)C2(C)CCCS2)ccc1[N+](=O)[O-]. The number of carbonyl (C=O) groups is 1. The van der Waals surface area contributed by atoms with E-state index in [0.717, 1.165) is 18.6 Å². The van der Waals surface area contributed by atoms with Crippen LogP contribution in [0.1, 0.15) is 30.1 Å². The predicted octanol–water partition coefficient (Wildman–Crippen LogP) is 3.07. The molecule has 0 saturated carbocycles. The van der Waals surface area contributed by atoms with Gasteiger partial charge in [0.2, 0.25) is 0 Å². The molecule has 0 aromatic heterocycles. The molecule has 0 amide bonds. The van der Waals surface area contributed by atoms with Crippen molar-refractivity contribution >= 4 is 23.2 Å². The summed E-state index contributed by atoms with van der Waals surface area (Å²) in [5.74, 6) is 1.12. The summed E-state index contributed by atoms with van der Waals surface area (Å²) in [5.41, 5.74) is 0.350. The average Bonchev–Trinajstić information content (AvgIpc) is 2.85. The fraction of sp³-hybridized carbons (Fsp3) is 0.462. The van der Waals surface area contributed by atoms with Crippen LogP contribution in [0, 0.1) is 10.1 Å². The molecule has 1 saturated heterocycles. The summed E-state index contributed by atoms with van der Waals surface area (Å²) in [4.78, 5) is 22.8. The minimum Gasteiger partial charge on any atom is -0.490 e. The topological polar surface area (TPSA) is 69.4 Å². The first-order valence-electron chi connectivity index (χ1n) is 5.99. The summed E-state index contributed by atoms with van der Waals surface area (Å²) in [6.45, 7) is 1.93. The van der Waals surface area contributed by atoms with Gasteiger partial charge in [-0.25, -0.2) is 0 Å². The first-order chi connectivity index (χ1) is 8.98. The van der Waals surface area contributed by atoms with Gasteiger partial charge in [-0.15, -0.1) is 11.8 Å². The van der Waals surface area contributed by atoms with Gasteiger partial charge in [0, 0.05) is 11.6 Å². The van der Waals surface area contributed by atoms with Crippen LogP contribution in [0.3, 0.4) is 0 Å². The Balaban J connectivity index is 2.36. The normalized spacial score (nSPS) is 22.2. The number of hydrogen-bond acceptors (Lipinski definition) is 5. The van der Waals surface area contributed by atoms with Gasteiger partial charge in [0.15, 0.2) is 11.5 Å². The summed E-state index contributed by atoms with van der Waals surface area (Å²) >= 11 is 1.65. The van der Waals surface area contributed by atoms with E-state index >= 15 is 0 Å². The Morgan fingerprint density at radius 2 is 2.26 bits per heavy atom. The third-order valence-corrected chi connectivity index (χ3v) is 4.86. The van der Waals surface area contributed by atoms with Crippen molar-refractivity contribution in [1.29, 1.82) is 0 Å². The maximum absolute atomic E-state index is 12.5. The molecule has 0 N–H and O–H groups in total. The molecule has 0 radical (unpaired) electrons. The van der Waals surface area contributed by atoms with Crippen LogP contribution in [-0.2, 0) is 0 Å². The number of Topliss-reactive ketones (excluding diaryl/α,β-unsaturated/α-hetero) is 1. The quantitative estimate of drug-likeness (QED) is 0.482. The number of rotatable bonds is 4. The maximum atomic E-state index is 12.5. The highest BCUT2D eigenvalue weighted by Crippen LogP contribution is 2.41. The first kappa shape index (κ1) is 13.9. The van der Waals surface area contributed by atoms with E-state index in [1.54, 1.807) is 11.8 Å². The zero-order valence-corrected chi connectivity index (χ0v) is 11.7. The number of hydrogen-bond donors (Lipinski definition) is 0. The number of nitro benzene ring substituents is 1. The highest BCUT2D eigenvalue weighted by atomic mass is 32.2. The number of benzene rings is 1. The lowest BCUT2D eigenvalue weighted by molar-refractivity contribution is -0.385. The fourth-order valence-electron chi connectivity index (χ4n) is 2.23. The molecule has 1 heterocycles. The molecular weight excluding hydrogens is 266 g/mol. The van der Waals surface area contributed by atoms with Crippen molar-refractivity contribution in [3.63, 3.8) is 0 Å². The molecule has 0 spiro atoms. The van der Waals surface area contributed by atoms with Crippen LogP contribution in [0.2, 0.25) is 0 Å². The number of nitro groups is 1. The van der Waals surface area contributed by atoms with Gasteiger partial charge in [0.25, 0.3) is 0 Å². The second-order valence-electron chi connectivity index (χ2n) is 4.66. The number of ether oxygens (including phenoxy) is 1. The zero-order chi connectivity index (χ0) is 14.0. The monoisotopic (exact) mass is 281 g/mol. The van der Waals surface area contributed by atoms with Crippen LogP contribution in [0.25, 0.3) is 0 Å². The number of thioether (sulfide) groups is 1. The van der Waals surface area contributed by atoms with Gasteiger partial charge < -0.3 is 4.74 Å². The van der Waals surface area contributed by atoms with Gasteiger partial charge in [-0.1, -0.05) is 0 Å². The molecule has 0 bridgehead atoms. The molecule has 1 atom stereocenters. The van der Waals surface area contributed by atoms with Crippen LogP contribution in [0.5, 0.6) is 5.75 Å². The van der Waals surface area contributed by atoms with Crippen LogP contribution in [0.15, 0.2) is 18.2 Å². The van der Waals surface area contributed by atoms with Crippen molar-refractivity contribution in [3.8, 4) is 5.75 Å². The van der Waals surface area contributed by atoms with Crippen molar-refractivity contribution in [1.82, 2.24) is 0 Å². The van der Waals surface area contributed by atoms with Gasteiger partial charge in [-0.2, -0.15) is 0 Å². The average molecular weight is 281 g/mol. The number of ketones is 1. The van der Waals surface area contributed by atoms with Gasteiger partial charge in [0.05, 0.1) is 16.8 Å². The molecule has 1 aromatic rings. The van der Waals surface area contributed by atoms with E-state index in [2.05, 4.69) is 0 Å². The lowest BCUT2D eigenvalue weighted by atomic mass is 9.94. The lowest BCUT2D eigenvalue weighted by Gasteiger charge is -2.21. The van der Waals surface area contributed by atoms with Gasteiger partial charge in [-0.05, 0) is 37.7 Å². The van der Waals surface area contributed by atoms with Crippen molar-refractivity contribution in [3.05, 3.63) is 33.9 Å². The van der Waals surface area contributed by atoms with E-state index in [4.69, 9.17) is 4.74 Å². The highest BCUT2D eigenvalue weighted by Gasteiger charge is 2.38. The summed E-state index contributed by atoms with van der Waals surface area (Å²) in [6.07, 6.45) is 1.87. The third-order valence-electron chi connectivity index (χ3n) is 3.34. The van der Waals surface area contributed by atoms with Crippen LogP contribution < -0.4 is 4.74 Å². The van der Waals surface area contributed by atoms with E-state index in [1.165, 1.54) is 25.3 Å². The minimum atomic E-state index is -0.515. The molecule has 102 valence electrons. The molecule has 0 aliphatic carbocycles. The summed E-state index contributed by atoms with van der Waals surface area (Å²) in [7, 11) is 1.36. The molecular formula is C13H15NO4S. The Morgan fingerprint density at radius 3 is 2.79 bits per heavy atom. The summed E-state index contributed by atoms with van der Waals surface area (Å²) in [5, 5.41) is 10.8. The van der Waals surface area contributed by atoms with Gasteiger partial charge in [0.1, 0.15) is 0 Å². The summed E-state index contributed by atoms with van der Waals surface area (Å²) < 4.78 is 4.58. The largest absolute Gasteiger partial charge is 0.490 e. The minimum absolute atomic E-state index is 0.0168. The van der Waals surface area contributed by atoms with E-state index in [-0.39, 0.29) is 17.2 Å². The van der Waals surface area contributed by atoms with Crippen LogP contribution >= 0.6 is 11.8 Å². The molecule has 1 aromatic carbocycles. The first-order valence-corrected chi connectivity index (χ1v) is 6.98. The Kier molecular flexibility index (Phi) is 3.80. The molecule has 1 aliphatic rings. The highest BCUT2D eigenvalue weighted by molar-refractivity contribution is 8.01. The molecule has 1 aliphatic heterocycles. The molecule has 2 rings (SSSR count).